The molecule has 1 saturated heterocycles. The number of benzene rings is 1. The summed E-state index contributed by atoms with van der Waals surface area (Å²) in [6, 6.07) is 3.43. The van der Waals surface area contributed by atoms with E-state index in [1.54, 1.807) is 12.1 Å². The average molecular weight is 520 g/mol. The second-order valence-electron chi connectivity index (χ2n) is 10.0. The number of aliphatic hydroxyl groups is 2. The van der Waals surface area contributed by atoms with Crippen LogP contribution in [0.15, 0.2) is 24.0 Å². The Balaban J connectivity index is 1.66. The topological polar surface area (TPSA) is 152 Å². The second kappa shape index (κ2) is 9.62. The fraction of sp³-hybridized carbons (Fsp3) is 0.577. The van der Waals surface area contributed by atoms with Gasteiger partial charge in [-0.3, -0.25) is 4.79 Å². The van der Waals surface area contributed by atoms with Crippen LogP contribution in [0.25, 0.3) is 0 Å². The Morgan fingerprint density at radius 2 is 2.00 bits per heavy atom. The summed E-state index contributed by atoms with van der Waals surface area (Å²) in [6.45, 7) is 5.69. The lowest BCUT2D eigenvalue weighted by Gasteiger charge is -2.58. The van der Waals surface area contributed by atoms with Gasteiger partial charge in [0.05, 0.1) is 24.5 Å². The highest BCUT2D eigenvalue weighted by molar-refractivity contribution is 5.84. The maximum absolute atomic E-state index is 12.8. The first kappa shape index (κ1) is 26.9. The van der Waals surface area contributed by atoms with Crippen LogP contribution in [0.1, 0.15) is 44.2 Å². The van der Waals surface area contributed by atoms with E-state index in [0.29, 0.717) is 24.5 Å². The number of rotatable bonds is 7. The van der Waals surface area contributed by atoms with Crippen LogP contribution in [0.4, 0.5) is 0 Å². The molecule has 1 aromatic carbocycles. The summed E-state index contributed by atoms with van der Waals surface area (Å²) in [7, 11) is 3.47. The molecule has 202 valence electrons. The van der Waals surface area contributed by atoms with Gasteiger partial charge in [0.15, 0.2) is 29.8 Å². The number of likely N-dealkylation sites (tertiary alicyclic amines) is 1. The molecule has 0 amide bonds. The van der Waals surface area contributed by atoms with E-state index < -0.39 is 53.7 Å². The van der Waals surface area contributed by atoms with Gasteiger partial charge in [-0.1, -0.05) is 6.07 Å². The molecule has 1 fully saturated rings. The number of hydrogen-bond donors (Lipinski definition) is 3. The van der Waals surface area contributed by atoms with Crippen molar-refractivity contribution in [1.82, 2.24) is 4.90 Å². The van der Waals surface area contributed by atoms with Crippen LogP contribution in [0, 0.1) is 6.92 Å². The van der Waals surface area contributed by atoms with Crippen molar-refractivity contribution in [3.05, 3.63) is 35.1 Å². The summed E-state index contributed by atoms with van der Waals surface area (Å²) < 4.78 is 22.2. The van der Waals surface area contributed by atoms with Gasteiger partial charge in [0.2, 0.25) is 0 Å². The smallest absolute Gasteiger partial charge is 0.344 e. The molecule has 0 saturated carbocycles. The van der Waals surface area contributed by atoms with Gasteiger partial charge < -0.3 is 39.2 Å². The average Bonchev–Trinajstić information content (AvgIpc) is 3.21. The molecule has 0 aromatic heterocycles. The van der Waals surface area contributed by atoms with E-state index in [1.165, 1.54) is 7.11 Å². The molecule has 0 radical (unpaired) electrons. The molecule has 0 unspecified atom stereocenters. The normalized spacial score (nSPS) is 30.0. The molecule has 37 heavy (non-hydrogen) atoms. The van der Waals surface area contributed by atoms with Crippen molar-refractivity contribution in [3.63, 3.8) is 0 Å². The molecule has 3 N–H and O–H groups in total. The van der Waals surface area contributed by atoms with Crippen LogP contribution >= 0.6 is 0 Å². The summed E-state index contributed by atoms with van der Waals surface area (Å²) in [5.74, 6) is -2.45. The van der Waals surface area contributed by atoms with Crippen LogP contribution in [-0.2, 0) is 29.3 Å². The van der Waals surface area contributed by atoms with Crippen molar-refractivity contribution in [2.75, 3.05) is 20.7 Å². The number of carbonyl (C=O) groups excluding carboxylic acids is 2. The maximum atomic E-state index is 12.8. The molecule has 2 heterocycles. The molecular formula is C26H33NO10. The van der Waals surface area contributed by atoms with E-state index in [1.807, 2.05) is 27.0 Å². The Morgan fingerprint density at radius 1 is 1.30 bits per heavy atom. The number of aliphatic hydroxyl groups excluding tert-OH is 1. The third-order valence-corrected chi connectivity index (χ3v) is 8.04. The van der Waals surface area contributed by atoms with Crippen LogP contribution in [0.3, 0.4) is 0 Å². The summed E-state index contributed by atoms with van der Waals surface area (Å²) in [5, 5.41) is 31.4. The van der Waals surface area contributed by atoms with Gasteiger partial charge in [0.25, 0.3) is 0 Å². The quantitative estimate of drug-likeness (QED) is 0.443. The number of ether oxygens (including phenoxy) is 4. The highest BCUT2D eigenvalue weighted by atomic mass is 16.6. The molecule has 6 atom stereocenters. The number of piperidine rings is 1. The number of esters is 2. The Kier molecular flexibility index (Phi) is 7.00. The molecule has 3 aliphatic rings. The van der Waals surface area contributed by atoms with Gasteiger partial charge in [0.1, 0.15) is 5.76 Å². The molecule has 1 aromatic rings. The Bertz CT molecular complexity index is 1150. The van der Waals surface area contributed by atoms with Gasteiger partial charge >= 0.3 is 17.9 Å². The summed E-state index contributed by atoms with van der Waals surface area (Å²) in [5.41, 5.74) is -0.528. The number of carbonyl (C=O) groups is 3. The minimum Gasteiger partial charge on any atom is -0.493 e. The Morgan fingerprint density at radius 3 is 2.65 bits per heavy atom. The molecule has 4 rings (SSSR count). The van der Waals surface area contributed by atoms with Crippen molar-refractivity contribution >= 4 is 17.9 Å². The molecule has 0 bridgehead atoms. The van der Waals surface area contributed by atoms with Crippen LogP contribution in [0.2, 0.25) is 0 Å². The summed E-state index contributed by atoms with van der Waals surface area (Å²) in [4.78, 5) is 37.7. The van der Waals surface area contributed by atoms with Crippen molar-refractivity contribution in [1.29, 1.82) is 0 Å². The van der Waals surface area contributed by atoms with Gasteiger partial charge in [0, 0.05) is 18.0 Å². The lowest BCUT2D eigenvalue weighted by molar-refractivity contribution is -0.170. The molecule has 2 aliphatic heterocycles. The van der Waals surface area contributed by atoms with Gasteiger partial charge in [-0.2, -0.15) is 0 Å². The minimum absolute atomic E-state index is 0.121. The lowest BCUT2D eigenvalue weighted by Crippen LogP contribution is -2.71. The zero-order valence-electron chi connectivity index (χ0n) is 21.5. The Hall–Kier alpha value is -3.15. The fourth-order valence-corrected chi connectivity index (χ4v) is 5.88. The zero-order valence-corrected chi connectivity index (χ0v) is 21.5. The zero-order chi connectivity index (χ0) is 27.3. The minimum atomic E-state index is -1.89. The van der Waals surface area contributed by atoms with E-state index in [2.05, 4.69) is 9.64 Å². The van der Waals surface area contributed by atoms with Crippen LogP contribution in [0.5, 0.6) is 11.5 Å². The van der Waals surface area contributed by atoms with Crippen LogP contribution < -0.4 is 9.47 Å². The van der Waals surface area contributed by atoms with Crippen molar-refractivity contribution in [2.45, 2.75) is 75.4 Å². The van der Waals surface area contributed by atoms with Gasteiger partial charge in [-0.05, 0) is 58.5 Å². The van der Waals surface area contributed by atoms with Gasteiger partial charge in [-0.15, -0.1) is 0 Å². The van der Waals surface area contributed by atoms with E-state index in [9.17, 15) is 24.6 Å². The largest absolute Gasteiger partial charge is 0.493 e. The number of fused-ring (bicyclic) bond motifs is 1. The van der Waals surface area contributed by atoms with Crippen molar-refractivity contribution in [2.24, 2.45) is 0 Å². The highest BCUT2D eigenvalue weighted by Gasteiger charge is 2.69. The summed E-state index contributed by atoms with van der Waals surface area (Å²) >= 11 is 0. The first-order valence-electron chi connectivity index (χ1n) is 12.2. The maximum Gasteiger partial charge on any atom is 0.344 e. The monoisotopic (exact) mass is 519 g/mol. The molecule has 11 heteroatoms. The van der Waals surface area contributed by atoms with E-state index in [0.717, 1.165) is 18.1 Å². The van der Waals surface area contributed by atoms with E-state index in [-0.39, 0.29) is 18.2 Å². The summed E-state index contributed by atoms with van der Waals surface area (Å²) in [6.07, 6.45) is -2.73. The number of nitrogens with zero attached hydrogens (tertiary/aromatic N) is 1. The van der Waals surface area contributed by atoms with Crippen molar-refractivity contribution < 1.29 is 48.7 Å². The molecular weight excluding hydrogens is 486 g/mol. The highest BCUT2D eigenvalue weighted by Crippen LogP contribution is 2.62. The second-order valence-corrected chi connectivity index (χ2v) is 10.0. The molecule has 1 spiro atoms. The van der Waals surface area contributed by atoms with E-state index >= 15 is 0 Å². The third-order valence-electron chi connectivity index (χ3n) is 8.04. The number of methoxy groups -OCH3 is 1. The third kappa shape index (κ3) is 4.14. The number of aryl methyl sites for hydroxylation is 1. The SMILES string of the molecule is COc1ccc(C)c2c1O[C@H]1C(OC(=O)[C@@H](O)CC(=O)O[C@@H](C)C(=O)O)=CC[C@@]3(O)[C@@H](C)N(C)CC[C@]213. The van der Waals surface area contributed by atoms with Crippen LogP contribution in [-0.4, -0.2) is 88.8 Å². The predicted molar refractivity (Wildman–Crippen MR) is 128 cm³/mol. The fourth-order valence-electron chi connectivity index (χ4n) is 5.88. The van der Waals surface area contributed by atoms with Crippen molar-refractivity contribution in [3.8, 4) is 11.5 Å². The number of likely N-dealkylation sites (N-methyl/N-ethyl adjacent to an activating group) is 1. The Labute approximate surface area is 214 Å². The molecule has 11 nitrogen and oxygen atoms in total. The number of hydrogen-bond acceptors (Lipinski definition) is 10. The number of carboxylic acids is 1. The lowest BCUT2D eigenvalue weighted by atomic mass is 9.54. The van der Waals surface area contributed by atoms with E-state index in [4.69, 9.17) is 19.3 Å². The molecule has 1 aliphatic carbocycles. The number of aliphatic carboxylic acids is 1. The van der Waals surface area contributed by atoms with Gasteiger partial charge in [-0.25, -0.2) is 9.59 Å². The first-order chi connectivity index (χ1) is 17.4. The first-order valence-corrected chi connectivity index (χ1v) is 12.2. The number of carboxylic acid groups (broad SMARTS) is 1. The predicted octanol–water partition coefficient (Wildman–Crippen LogP) is 1.06. The standard InChI is InChI=1S/C26H33NO10/c1-13-6-7-17(34-5)21-20(13)25-10-11-27(4)15(3)26(25,33)9-8-18(22(25)37-21)36-24(32)16(28)12-19(29)35-14(2)23(30)31/h6-8,14-16,22,28,33H,9-12H2,1-5H3,(H,30,31)/t14-,15+,16-,22-,25-,26+/m0/s1.